The second kappa shape index (κ2) is 10.0. The number of benzene rings is 1. The molecule has 2 fully saturated rings. The summed E-state index contributed by atoms with van der Waals surface area (Å²) in [4.78, 5) is 32.2. The molecule has 2 saturated heterocycles. The molecule has 0 aliphatic carbocycles. The molecule has 0 saturated carbocycles. The number of pyridine rings is 2. The summed E-state index contributed by atoms with van der Waals surface area (Å²) in [5, 5.41) is 4.33. The molecular formula is C29H32N6O2. The molecule has 2 N–H and O–H groups in total. The van der Waals surface area contributed by atoms with Gasteiger partial charge in [0.2, 0.25) is 0 Å². The third-order valence-corrected chi connectivity index (χ3v) is 7.80. The third kappa shape index (κ3) is 4.99. The first kappa shape index (κ1) is 23.8. The number of esters is 1. The molecule has 8 heteroatoms. The smallest absolute Gasteiger partial charge is 0.339 e. The normalized spacial score (nSPS) is 17.4. The number of aromatic amines is 1. The van der Waals surface area contributed by atoms with Gasteiger partial charge in [-0.1, -0.05) is 12.1 Å². The van der Waals surface area contributed by atoms with Crippen LogP contribution in [0.2, 0.25) is 0 Å². The molecule has 8 nitrogen and oxygen atoms in total. The molecule has 1 aromatic carbocycles. The number of fused-ring (bicyclic) bond motifs is 1. The van der Waals surface area contributed by atoms with Crippen LogP contribution in [0.15, 0.2) is 55.0 Å². The van der Waals surface area contributed by atoms with Crippen molar-refractivity contribution in [2.75, 3.05) is 39.3 Å². The molecule has 37 heavy (non-hydrogen) atoms. The average molecular weight is 497 g/mol. The number of rotatable bonds is 6. The van der Waals surface area contributed by atoms with Crippen LogP contribution < -0.4 is 5.32 Å². The minimum Gasteiger partial charge on any atom is -0.461 e. The van der Waals surface area contributed by atoms with E-state index in [1.165, 1.54) is 19.3 Å². The number of nitrogens with zero attached hydrogens (tertiary/aromatic N) is 4. The van der Waals surface area contributed by atoms with E-state index >= 15 is 0 Å². The lowest BCUT2D eigenvalue weighted by atomic mass is 9.78. The fourth-order valence-electron chi connectivity index (χ4n) is 5.72. The Labute approximate surface area is 216 Å². The lowest BCUT2D eigenvalue weighted by molar-refractivity contribution is 0.0465. The number of piperidine rings is 1. The van der Waals surface area contributed by atoms with Crippen LogP contribution in [0.1, 0.15) is 35.3 Å². The minimum atomic E-state index is -0.333. The van der Waals surface area contributed by atoms with Crippen molar-refractivity contribution < 1.29 is 9.53 Å². The van der Waals surface area contributed by atoms with Crippen molar-refractivity contribution in [3.63, 3.8) is 0 Å². The third-order valence-electron chi connectivity index (χ3n) is 7.80. The van der Waals surface area contributed by atoms with E-state index in [0.29, 0.717) is 17.6 Å². The number of nitrogens with one attached hydrogen (secondary N) is 2. The van der Waals surface area contributed by atoms with Crippen molar-refractivity contribution in [3.8, 4) is 22.6 Å². The highest BCUT2D eigenvalue weighted by atomic mass is 16.5. The molecule has 2 aliphatic rings. The Balaban J connectivity index is 1.14. The van der Waals surface area contributed by atoms with Crippen LogP contribution in [0.25, 0.3) is 33.5 Å². The topological polar surface area (TPSA) is 96.0 Å². The van der Waals surface area contributed by atoms with Gasteiger partial charge in [-0.05, 0) is 81.6 Å². The molecule has 6 rings (SSSR count). The highest BCUT2D eigenvalue weighted by Crippen LogP contribution is 2.38. The number of carbonyl (C=O) groups excluding carboxylic acids is 1. The standard InChI is InChI=1S/C29H32N6O2/c1-20-3-2-4-25(34-20)27-26(32-19-33-27)21-5-6-24-22(15-21)16-23(17-31-24)28(36)37-14-13-35-12-9-29(18-35)7-10-30-11-8-29/h2-6,15-17,19,30H,7-14,18H2,1H3,(H,32,33). The summed E-state index contributed by atoms with van der Waals surface area (Å²) in [6, 6.07) is 13.7. The number of aromatic nitrogens is 4. The Hall–Kier alpha value is -3.62. The van der Waals surface area contributed by atoms with Gasteiger partial charge in [0.1, 0.15) is 6.61 Å². The van der Waals surface area contributed by atoms with Crippen molar-refractivity contribution in [2.24, 2.45) is 5.41 Å². The number of carbonyl (C=O) groups is 1. The number of imidazole rings is 1. The Morgan fingerprint density at radius 2 is 2.00 bits per heavy atom. The van der Waals surface area contributed by atoms with Gasteiger partial charge in [0.25, 0.3) is 0 Å². The fourth-order valence-corrected chi connectivity index (χ4v) is 5.72. The summed E-state index contributed by atoms with van der Waals surface area (Å²) < 4.78 is 5.65. The lowest BCUT2D eigenvalue weighted by Crippen LogP contribution is -2.39. The molecule has 4 aromatic rings. The maximum absolute atomic E-state index is 12.8. The first-order valence-electron chi connectivity index (χ1n) is 13.1. The van der Waals surface area contributed by atoms with Gasteiger partial charge < -0.3 is 15.0 Å². The van der Waals surface area contributed by atoms with E-state index in [2.05, 4.69) is 30.2 Å². The second-order valence-corrected chi connectivity index (χ2v) is 10.3. The summed E-state index contributed by atoms with van der Waals surface area (Å²) >= 11 is 0. The Kier molecular flexibility index (Phi) is 6.44. The summed E-state index contributed by atoms with van der Waals surface area (Å²) in [5.41, 5.74) is 6.12. The number of hydrogen-bond acceptors (Lipinski definition) is 7. The molecule has 3 aromatic heterocycles. The van der Waals surface area contributed by atoms with Crippen LogP contribution in [0.5, 0.6) is 0 Å². The van der Waals surface area contributed by atoms with E-state index < -0.39 is 0 Å². The van der Waals surface area contributed by atoms with Gasteiger partial charge in [-0.25, -0.2) is 9.78 Å². The zero-order valence-electron chi connectivity index (χ0n) is 21.2. The first-order chi connectivity index (χ1) is 18.1. The fraction of sp³-hybridized carbons (Fsp3) is 0.379. The number of hydrogen-bond donors (Lipinski definition) is 2. The highest BCUT2D eigenvalue weighted by Gasteiger charge is 2.38. The molecule has 0 radical (unpaired) electrons. The molecule has 5 heterocycles. The van der Waals surface area contributed by atoms with Crippen LogP contribution in [0.4, 0.5) is 0 Å². The average Bonchev–Trinajstić information content (AvgIpc) is 3.56. The maximum atomic E-state index is 12.8. The van der Waals surface area contributed by atoms with Gasteiger partial charge in [-0.15, -0.1) is 0 Å². The Bertz CT molecular complexity index is 1420. The largest absolute Gasteiger partial charge is 0.461 e. The minimum absolute atomic E-state index is 0.333. The first-order valence-corrected chi connectivity index (χ1v) is 13.1. The van der Waals surface area contributed by atoms with Crippen molar-refractivity contribution in [1.29, 1.82) is 0 Å². The van der Waals surface area contributed by atoms with Crippen molar-refractivity contribution in [3.05, 3.63) is 66.2 Å². The van der Waals surface area contributed by atoms with Gasteiger partial charge in [-0.3, -0.25) is 14.9 Å². The van der Waals surface area contributed by atoms with Gasteiger partial charge in [-0.2, -0.15) is 0 Å². The number of aryl methyl sites for hydroxylation is 1. The van der Waals surface area contributed by atoms with E-state index in [-0.39, 0.29) is 5.97 Å². The molecule has 0 atom stereocenters. The SMILES string of the molecule is Cc1cccc(-c2[nH]cnc2-c2ccc3ncc(C(=O)OCCN4CCC5(CCNCC5)C4)cc3c2)n1. The number of ether oxygens (including phenoxy) is 1. The molecule has 190 valence electrons. The van der Waals surface area contributed by atoms with Crippen molar-refractivity contribution >= 4 is 16.9 Å². The molecule has 1 spiro atoms. The van der Waals surface area contributed by atoms with Gasteiger partial charge in [0.15, 0.2) is 0 Å². The van der Waals surface area contributed by atoms with Gasteiger partial charge in [0, 0.05) is 35.9 Å². The van der Waals surface area contributed by atoms with Crippen LogP contribution in [0.3, 0.4) is 0 Å². The van der Waals surface area contributed by atoms with Crippen LogP contribution >= 0.6 is 0 Å². The predicted molar refractivity (Wildman–Crippen MR) is 143 cm³/mol. The quantitative estimate of drug-likeness (QED) is 0.386. The number of likely N-dealkylation sites (tertiary alicyclic amines) is 1. The van der Waals surface area contributed by atoms with Gasteiger partial charge >= 0.3 is 5.97 Å². The number of H-pyrrole nitrogens is 1. The Morgan fingerprint density at radius 1 is 1.11 bits per heavy atom. The zero-order valence-corrected chi connectivity index (χ0v) is 21.2. The summed E-state index contributed by atoms with van der Waals surface area (Å²) in [6.45, 7) is 7.57. The maximum Gasteiger partial charge on any atom is 0.339 e. The van der Waals surface area contributed by atoms with Crippen LogP contribution in [-0.2, 0) is 4.74 Å². The van der Waals surface area contributed by atoms with Crippen LogP contribution in [0, 0.1) is 12.3 Å². The van der Waals surface area contributed by atoms with E-state index in [0.717, 1.165) is 72.0 Å². The highest BCUT2D eigenvalue weighted by molar-refractivity contribution is 5.95. The summed E-state index contributed by atoms with van der Waals surface area (Å²) in [6.07, 6.45) is 7.01. The molecule has 2 aliphatic heterocycles. The zero-order chi connectivity index (χ0) is 25.2. The summed E-state index contributed by atoms with van der Waals surface area (Å²) in [7, 11) is 0. The molecular weight excluding hydrogens is 464 g/mol. The van der Waals surface area contributed by atoms with Gasteiger partial charge in [0.05, 0.1) is 34.5 Å². The van der Waals surface area contributed by atoms with Crippen molar-refractivity contribution in [1.82, 2.24) is 30.2 Å². The van der Waals surface area contributed by atoms with E-state index in [4.69, 9.17) is 4.74 Å². The van der Waals surface area contributed by atoms with Crippen molar-refractivity contribution in [2.45, 2.75) is 26.2 Å². The molecule has 0 unspecified atom stereocenters. The lowest BCUT2D eigenvalue weighted by Gasteiger charge is -2.33. The second-order valence-electron chi connectivity index (χ2n) is 10.3. The predicted octanol–water partition coefficient (Wildman–Crippen LogP) is 4.23. The summed E-state index contributed by atoms with van der Waals surface area (Å²) in [5.74, 6) is -0.333. The van der Waals surface area contributed by atoms with E-state index in [1.807, 2.05) is 49.4 Å². The van der Waals surface area contributed by atoms with E-state index in [1.54, 1.807) is 12.5 Å². The molecule has 0 amide bonds. The molecule has 0 bridgehead atoms. The van der Waals surface area contributed by atoms with Crippen LogP contribution in [-0.4, -0.2) is 70.1 Å². The Morgan fingerprint density at radius 3 is 2.86 bits per heavy atom. The van der Waals surface area contributed by atoms with E-state index in [9.17, 15) is 4.79 Å². The monoisotopic (exact) mass is 496 g/mol.